The molecule has 0 amide bonds. The van der Waals surface area contributed by atoms with Crippen molar-refractivity contribution in [3.63, 3.8) is 0 Å². The number of nitrogens with zero attached hydrogens (tertiary/aromatic N) is 4. The molecule has 0 radical (unpaired) electrons. The van der Waals surface area contributed by atoms with Crippen LogP contribution in [0.5, 0.6) is 5.75 Å². The third-order valence-electron chi connectivity index (χ3n) is 3.68. The average molecular weight is 298 g/mol. The topological polar surface area (TPSA) is 61.2 Å². The van der Waals surface area contributed by atoms with E-state index >= 15 is 0 Å². The fourth-order valence-electron chi connectivity index (χ4n) is 2.67. The molecule has 0 N–H and O–H groups in total. The van der Waals surface area contributed by atoms with Gasteiger partial charge in [-0.1, -0.05) is 35.4 Å². The normalized spacial score (nSPS) is 16.5. The first-order valence-corrected chi connectivity index (χ1v) is 6.97. The lowest BCUT2D eigenvalue weighted by Crippen LogP contribution is -2.39. The van der Waals surface area contributed by atoms with Gasteiger partial charge >= 0.3 is 0 Å². The molecule has 0 aromatic heterocycles. The summed E-state index contributed by atoms with van der Waals surface area (Å²) in [6.07, 6.45) is -0.249. The molecule has 0 saturated carbocycles. The summed E-state index contributed by atoms with van der Waals surface area (Å²) in [5.41, 5.74) is 10.6. The Labute approximate surface area is 127 Å². The van der Waals surface area contributed by atoms with E-state index in [0.29, 0.717) is 23.4 Å². The Morgan fingerprint density at radius 2 is 2.05 bits per heavy atom. The number of halogens is 1. The van der Waals surface area contributed by atoms with Crippen molar-refractivity contribution in [2.24, 2.45) is 5.11 Å². The molecule has 1 unspecified atom stereocenters. The van der Waals surface area contributed by atoms with Crippen molar-refractivity contribution in [3.8, 4) is 16.9 Å². The number of fused-ring (bicyclic) bond motifs is 1. The zero-order valence-electron chi connectivity index (χ0n) is 12.1. The fourth-order valence-corrected chi connectivity index (χ4v) is 2.67. The minimum absolute atomic E-state index is 0.242. The van der Waals surface area contributed by atoms with Crippen LogP contribution in [0.25, 0.3) is 21.6 Å². The first-order valence-electron chi connectivity index (χ1n) is 6.97. The number of ether oxygens (including phenoxy) is 1. The summed E-state index contributed by atoms with van der Waals surface area (Å²) in [6, 6.07) is 12.3. The van der Waals surface area contributed by atoms with Crippen LogP contribution in [0.15, 0.2) is 47.6 Å². The SMILES string of the molecule is CN1CC(CN=[N+]=[N-])Oc2c(-c3ccccc3F)cccc21. The van der Waals surface area contributed by atoms with Crippen LogP contribution >= 0.6 is 0 Å². The molecule has 0 bridgehead atoms. The highest BCUT2D eigenvalue weighted by Crippen LogP contribution is 2.41. The summed E-state index contributed by atoms with van der Waals surface area (Å²) in [7, 11) is 1.94. The van der Waals surface area contributed by atoms with Crippen LogP contribution in [-0.4, -0.2) is 26.2 Å². The summed E-state index contributed by atoms with van der Waals surface area (Å²) >= 11 is 0. The second-order valence-electron chi connectivity index (χ2n) is 5.17. The van der Waals surface area contributed by atoms with E-state index in [9.17, 15) is 4.39 Å². The van der Waals surface area contributed by atoms with E-state index in [2.05, 4.69) is 10.0 Å². The number of hydrogen-bond donors (Lipinski definition) is 0. The molecular formula is C16H15FN4O. The molecule has 1 heterocycles. The predicted octanol–water partition coefficient (Wildman–Crippen LogP) is 4.00. The highest BCUT2D eigenvalue weighted by Gasteiger charge is 2.26. The van der Waals surface area contributed by atoms with Crippen molar-refractivity contribution in [1.82, 2.24) is 0 Å². The maximum atomic E-state index is 14.1. The number of anilines is 1. The quantitative estimate of drug-likeness (QED) is 0.488. The molecule has 5 nitrogen and oxygen atoms in total. The van der Waals surface area contributed by atoms with Crippen molar-refractivity contribution in [1.29, 1.82) is 0 Å². The fraction of sp³-hybridized carbons (Fsp3) is 0.250. The second kappa shape index (κ2) is 5.95. The Balaban J connectivity index is 2.07. The van der Waals surface area contributed by atoms with Gasteiger partial charge in [-0.15, -0.1) is 0 Å². The minimum Gasteiger partial charge on any atom is -0.486 e. The van der Waals surface area contributed by atoms with Gasteiger partial charge in [0, 0.05) is 23.1 Å². The highest BCUT2D eigenvalue weighted by molar-refractivity contribution is 5.79. The number of likely N-dealkylation sites (N-methyl/N-ethyl adjacent to an activating group) is 1. The molecule has 2 aromatic carbocycles. The van der Waals surface area contributed by atoms with Crippen molar-refractivity contribution in [2.45, 2.75) is 6.10 Å². The zero-order chi connectivity index (χ0) is 15.5. The summed E-state index contributed by atoms with van der Waals surface area (Å²) in [4.78, 5) is 4.80. The van der Waals surface area contributed by atoms with Crippen LogP contribution in [0.3, 0.4) is 0 Å². The lowest BCUT2D eigenvalue weighted by Gasteiger charge is -2.34. The molecule has 1 aliphatic heterocycles. The molecule has 6 heteroatoms. The van der Waals surface area contributed by atoms with Crippen molar-refractivity contribution < 1.29 is 9.13 Å². The van der Waals surface area contributed by atoms with Gasteiger partial charge < -0.3 is 9.64 Å². The van der Waals surface area contributed by atoms with E-state index in [1.165, 1.54) is 6.07 Å². The van der Waals surface area contributed by atoms with E-state index in [1.807, 2.05) is 30.1 Å². The first kappa shape index (κ1) is 14.2. The van der Waals surface area contributed by atoms with Crippen molar-refractivity contribution in [2.75, 3.05) is 25.0 Å². The van der Waals surface area contributed by atoms with Gasteiger partial charge in [-0.3, -0.25) is 0 Å². The number of para-hydroxylation sites is 1. The number of benzene rings is 2. The number of rotatable bonds is 3. The Morgan fingerprint density at radius 3 is 2.82 bits per heavy atom. The molecule has 1 atom stereocenters. The lowest BCUT2D eigenvalue weighted by atomic mass is 10.0. The molecule has 3 rings (SSSR count). The van der Waals surface area contributed by atoms with Gasteiger partial charge in [0.05, 0.1) is 18.8 Å². The van der Waals surface area contributed by atoms with Crippen LogP contribution in [0.2, 0.25) is 0 Å². The Morgan fingerprint density at radius 1 is 1.27 bits per heavy atom. The Kier molecular flexibility index (Phi) is 3.85. The molecular weight excluding hydrogens is 283 g/mol. The molecule has 0 aliphatic carbocycles. The van der Waals surface area contributed by atoms with E-state index in [1.54, 1.807) is 18.2 Å². The third-order valence-corrected chi connectivity index (χ3v) is 3.68. The van der Waals surface area contributed by atoms with Gasteiger partial charge in [-0.2, -0.15) is 0 Å². The maximum absolute atomic E-state index is 14.1. The van der Waals surface area contributed by atoms with Gasteiger partial charge in [0.15, 0.2) is 5.75 Å². The van der Waals surface area contributed by atoms with E-state index in [4.69, 9.17) is 10.3 Å². The van der Waals surface area contributed by atoms with Crippen molar-refractivity contribution >= 4 is 5.69 Å². The second-order valence-corrected chi connectivity index (χ2v) is 5.17. The van der Waals surface area contributed by atoms with Gasteiger partial charge in [-0.25, -0.2) is 4.39 Å². The van der Waals surface area contributed by atoms with Crippen LogP contribution in [0.4, 0.5) is 10.1 Å². The summed E-state index contributed by atoms with van der Waals surface area (Å²) in [6.45, 7) is 0.860. The molecule has 0 fully saturated rings. The Bertz CT molecular complexity index is 743. The molecule has 1 aliphatic rings. The van der Waals surface area contributed by atoms with Gasteiger partial charge in [0.2, 0.25) is 0 Å². The summed E-state index contributed by atoms with van der Waals surface area (Å²) in [5.74, 6) is 0.332. The maximum Gasteiger partial charge on any atom is 0.151 e. The van der Waals surface area contributed by atoms with Crippen LogP contribution in [0, 0.1) is 5.82 Å². The van der Waals surface area contributed by atoms with Crippen LogP contribution in [-0.2, 0) is 0 Å². The van der Waals surface area contributed by atoms with Gasteiger partial charge in [0.1, 0.15) is 11.9 Å². The first-order chi connectivity index (χ1) is 10.7. The van der Waals surface area contributed by atoms with E-state index in [0.717, 1.165) is 5.69 Å². The molecule has 0 spiro atoms. The monoisotopic (exact) mass is 298 g/mol. The van der Waals surface area contributed by atoms with Crippen LogP contribution < -0.4 is 9.64 Å². The van der Waals surface area contributed by atoms with Gasteiger partial charge in [-0.05, 0) is 17.7 Å². The third kappa shape index (κ3) is 2.56. The zero-order valence-corrected chi connectivity index (χ0v) is 12.1. The molecule has 0 saturated heterocycles. The summed E-state index contributed by atoms with van der Waals surface area (Å²) < 4.78 is 20.1. The summed E-state index contributed by atoms with van der Waals surface area (Å²) in [5, 5.41) is 3.58. The standard InChI is InChI=1S/C16H15FN4O/c1-21-10-11(9-19-20-18)22-16-13(6-4-8-15(16)21)12-5-2-3-7-14(12)17/h2-8,11H,9-10H2,1H3. The highest BCUT2D eigenvalue weighted by atomic mass is 19.1. The lowest BCUT2D eigenvalue weighted by molar-refractivity contribution is 0.204. The average Bonchev–Trinajstić information content (AvgIpc) is 2.53. The van der Waals surface area contributed by atoms with Crippen molar-refractivity contribution in [3.05, 3.63) is 58.7 Å². The van der Waals surface area contributed by atoms with E-state index in [-0.39, 0.29) is 18.5 Å². The smallest absolute Gasteiger partial charge is 0.151 e. The number of azide groups is 1. The Hall–Kier alpha value is -2.72. The minimum atomic E-state index is -0.292. The molecule has 22 heavy (non-hydrogen) atoms. The number of hydrogen-bond acceptors (Lipinski definition) is 3. The van der Waals surface area contributed by atoms with Crippen LogP contribution in [0.1, 0.15) is 0 Å². The predicted molar refractivity (Wildman–Crippen MR) is 83.5 cm³/mol. The largest absolute Gasteiger partial charge is 0.486 e. The molecule has 112 valence electrons. The van der Waals surface area contributed by atoms with E-state index < -0.39 is 0 Å². The van der Waals surface area contributed by atoms with Gasteiger partial charge in [0.25, 0.3) is 0 Å². The molecule has 2 aromatic rings.